The molecule has 2 heterocycles. The molecule has 0 fully saturated rings. The number of nitrogens with zero attached hydrogens (tertiary/aromatic N) is 2. The van der Waals surface area contributed by atoms with E-state index in [1.54, 1.807) is 19.2 Å². The molecule has 1 aromatic heterocycles. The van der Waals surface area contributed by atoms with Gasteiger partial charge in [-0.15, -0.1) is 0 Å². The lowest BCUT2D eigenvalue weighted by Gasteiger charge is -2.30. The van der Waals surface area contributed by atoms with Gasteiger partial charge in [0, 0.05) is 22.6 Å². The van der Waals surface area contributed by atoms with Crippen LogP contribution < -0.4 is 14.8 Å². The normalized spacial score (nSPS) is 14.1. The van der Waals surface area contributed by atoms with Crippen molar-refractivity contribution in [2.45, 2.75) is 5.92 Å². The summed E-state index contributed by atoms with van der Waals surface area (Å²) in [6.45, 7) is 0. The largest absolute Gasteiger partial charge is 0.508 e. The zero-order chi connectivity index (χ0) is 23.1. The minimum atomic E-state index is -0.189. The number of phenolic OH excluding ortho intramolecular Hbond substituents is 1. The van der Waals surface area contributed by atoms with Crippen LogP contribution >= 0.6 is 0 Å². The molecule has 6 rings (SSSR count). The van der Waals surface area contributed by atoms with Crippen LogP contribution in [0.25, 0.3) is 10.8 Å². The van der Waals surface area contributed by atoms with Crippen molar-refractivity contribution in [3.63, 3.8) is 0 Å². The molecule has 0 amide bonds. The summed E-state index contributed by atoms with van der Waals surface area (Å²) in [5.74, 6) is 2.76. The number of aromatic nitrogens is 2. The molecule has 6 heteroatoms. The van der Waals surface area contributed by atoms with Crippen molar-refractivity contribution in [3.8, 4) is 23.1 Å². The monoisotopic (exact) mass is 447 g/mol. The van der Waals surface area contributed by atoms with Crippen LogP contribution in [0.4, 0.5) is 11.5 Å². The fourth-order valence-electron chi connectivity index (χ4n) is 4.50. The molecule has 166 valence electrons. The SMILES string of the molecule is COc1ccc(Nc2ncnc3c2C(c2ccc(O)cc2)c2ccc4ccccc4c2O3)cc1. The maximum atomic E-state index is 9.91. The minimum Gasteiger partial charge on any atom is -0.508 e. The highest BCUT2D eigenvalue weighted by Gasteiger charge is 2.34. The lowest BCUT2D eigenvalue weighted by atomic mass is 9.82. The Morgan fingerprint density at radius 3 is 2.47 bits per heavy atom. The first-order valence-electron chi connectivity index (χ1n) is 11.0. The zero-order valence-corrected chi connectivity index (χ0v) is 18.4. The lowest BCUT2D eigenvalue weighted by molar-refractivity contribution is 0.415. The quantitative estimate of drug-likeness (QED) is 0.327. The first-order valence-corrected chi connectivity index (χ1v) is 11.0. The highest BCUT2D eigenvalue weighted by molar-refractivity contribution is 5.91. The van der Waals surface area contributed by atoms with Crippen LogP contribution in [0, 0.1) is 0 Å². The number of anilines is 2. The number of hydrogen-bond donors (Lipinski definition) is 2. The summed E-state index contributed by atoms with van der Waals surface area (Å²) in [5.41, 5.74) is 3.73. The number of nitrogens with one attached hydrogen (secondary N) is 1. The van der Waals surface area contributed by atoms with Crippen molar-refractivity contribution in [2.75, 3.05) is 12.4 Å². The van der Waals surface area contributed by atoms with Crippen molar-refractivity contribution in [1.82, 2.24) is 9.97 Å². The first-order chi connectivity index (χ1) is 16.7. The molecule has 4 aromatic carbocycles. The van der Waals surface area contributed by atoms with Crippen LogP contribution in [0.1, 0.15) is 22.6 Å². The molecule has 0 saturated carbocycles. The highest BCUT2D eigenvalue weighted by atomic mass is 16.5. The van der Waals surface area contributed by atoms with Gasteiger partial charge in [-0.2, -0.15) is 0 Å². The fraction of sp³-hybridized carbons (Fsp3) is 0.0714. The summed E-state index contributed by atoms with van der Waals surface area (Å²) < 4.78 is 11.7. The van der Waals surface area contributed by atoms with Gasteiger partial charge in [0.25, 0.3) is 0 Å². The van der Waals surface area contributed by atoms with Gasteiger partial charge in [-0.25, -0.2) is 9.97 Å². The Kier molecular flexibility index (Phi) is 4.77. The molecule has 1 aliphatic rings. The van der Waals surface area contributed by atoms with E-state index < -0.39 is 0 Å². The molecule has 1 unspecified atom stereocenters. The van der Waals surface area contributed by atoms with E-state index in [-0.39, 0.29) is 11.7 Å². The van der Waals surface area contributed by atoms with E-state index in [1.807, 2.05) is 48.5 Å². The highest BCUT2D eigenvalue weighted by Crippen LogP contribution is 2.51. The van der Waals surface area contributed by atoms with Crippen LogP contribution in [-0.4, -0.2) is 22.2 Å². The number of rotatable bonds is 4. The van der Waals surface area contributed by atoms with Crippen molar-refractivity contribution in [3.05, 3.63) is 108 Å². The Morgan fingerprint density at radius 2 is 1.68 bits per heavy atom. The van der Waals surface area contributed by atoms with E-state index in [0.717, 1.165) is 44.6 Å². The van der Waals surface area contributed by atoms with Gasteiger partial charge in [0.05, 0.1) is 12.7 Å². The van der Waals surface area contributed by atoms with E-state index in [9.17, 15) is 5.11 Å². The van der Waals surface area contributed by atoms with E-state index >= 15 is 0 Å². The Morgan fingerprint density at radius 1 is 0.882 bits per heavy atom. The molecule has 1 atom stereocenters. The van der Waals surface area contributed by atoms with Crippen molar-refractivity contribution >= 4 is 22.3 Å². The van der Waals surface area contributed by atoms with Gasteiger partial charge in [0.2, 0.25) is 5.88 Å². The molecule has 2 N–H and O–H groups in total. The second kappa shape index (κ2) is 8.08. The number of aromatic hydroxyl groups is 1. The van der Waals surface area contributed by atoms with Gasteiger partial charge in [-0.05, 0) is 47.3 Å². The molecule has 1 aliphatic heterocycles. The van der Waals surface area contributed by atoms with E-state index in [2.05, 4.69) is 39.6 Å². The van der Waals surface area contributed by atoms with Crippen molar-refractivity contribution < 1.29 is 14.6 Å². The number of fused-ring (bicyclic) bond motifs is 4. The molecule has 5 aromatic rings. The van der Waals surface area contributed by atoms with E-state index in [4.69, 9.17) is 9.47 Å². The Hall–Kier alpha value is -4.58. The molecule has 6 nitrogen and oxygen atoms in total. The molecular formula is C28H21N3O3. The topological polar surface area (TPSA) is 76.5 Å². The maximum Gasteiger partial charge on any atom is 0.228 e. The summed E-state index contributed by atoms with van der Waals surface area (Å²) in [7, 11) is 1.64. The Bertz CT molecular complexity index is 1500. The third-order valence-electron chi connectivity index (χ3n) is 6.14. The van der Waals surface area contributed by atoms with Gasteiger partial charge < -0.3 is 19.9 Å². The molecular weight excluding hydrogens is 426 g/mol. The van der Waals surface area contributed by atoms with Gasteiger partial charge in [-0.3, -0.25) is 0 Å². The molecule has 0 aliphatic carbocycles. The molecule has 0 bridgehead atoms. The maximum absolute atomic E-state index is 9.91. The smallest absolute Gasteiger partial charge is 0.228 e. The van der Waals surface area contributed by atoms with Gasteiger partial charge in [0.1, 0.15) is 29.4 Å². The fourth-order valence-corrected chi connectivity index (χ4v) is 4.50. The van der Waals surface area contributed by atoms with Gasteiger partial charge in [0.15, 0.2) is 0 Å². The molecule has 34 heavy (non-hydrogen) atoms. The number of benzene rings is 4. The third kappa shape index (κ3) is 3.36. The van der Waals surface area contributed by atoms with Crippen LogP contribution in [0.3, 0.4) is 0 Å². The van der Waals surface area contributed by atoms with Crippen LogP contribution in [-0.2, 0) is 0 Å². The predicted octanol–water partition coefficient (Wildman–Crippen LogP) is 6.37. The Labute approximate surface area is 196 Å². The number of hydrogen-bond acceptors (Lipinski definition) is 6. The first kappa shape index (κ1) is 20.1. The van der Waals surface area contributed by atoms with Gasteiger partial charge >= 0.3 is 0 Å². The van der Waals surface area contributed by atoms with Crippen LogP contribution in [0.15, 0.2) is 91.3 Å². The van der Waals surface area contributed by atoms with Crippen LogP contribution in [0.2, 0.25) is 0 Å². The summed E-state index contributed by atoms with van der Waals surface area (Å²) in [6, 6.07) is 27.3. The zero-order valence-electron chi connectivity index (χ0n) is 18.4. The predicted molar refractivity (Wildman–Crippen MR) is 131 cm³/mol. The van der Waals surface area contributed by atoms with E-state index in [1.165, 1.54) is 6.33 Å². The molecule has 0 spiro atoms. The minimum absolute atomic E-state index is 0.189. The number of phenols is 1. The van der Waals surface area contributed by atoms with Crippen molar-refractivity contribution in [2.24, 2.45) is 0 Å². The van der Waals surface area contributed by atoms with Crippen molar-refractivity contribution in [1.29, 1.82) is 0 Å². The van der Waals surface area contributed by atoms with Crippen LogP contribution in [0.5, 0.6) is 23.1 Å². The number of methoxy groups -OCH3 is 1. The standard InChI is InChI=1S/C28H21N3O3/c1-33-21-13-9-19(10-14-21)31-27-25-24(18-6-11-20(32)12-7-18)23-15-8-17-4-2-3-5-22(17)26(23)34-28(25)30-16-29-27/h2-16,24,32H,1H3,(H,29,30,31). The second-order valence-electron chi connectivity index (χ2n) is 8.13. The lowest BCUT2D eigenvalue weighted by Crippen LogP contribution is -2.16. The number of ether oxygens (including phenoxy) is 2. The Balaban J connectivity index is 1.54. The summed E-state index contributed by atoms with van der Waals surface area (Å²) in [6.07, 6.45) is 1.51. The average Bonchev–Trinajstić information content (AvgIpc) is 2.88. The molecule has 0 saturated heterocycles. The summed E-state index contributed by atoms with van der Waals surface area (Å²) in [4.78, 5) is 9.08. The third-order valence-corrected chi connectivity index (χ3v) is 6.14. The second-order valence-corrected chi connectivity index (χ2v) is 8.13. The summed E-state index contributed by atoms with van der Waals surface area (Å²) >= 11 is 0. The van der Waals surface area contributed by atoms with E-state index in [0.29, 0.717) is 11.7 Å². The van der Waals surface area contributed by atoms with Gasteiger partial charge in [-0.1, -0.05) is 48.5 Å². The summed E-state index contributed by atoms with van der Waals surface area (Å²) in [5, 5.41) is 15.5. The average molecular weight is 447 g/mol. The molecule has 0 radical (unpaired) electrons.